The fourth-order valence-electron chi connectivity index (χ4n) is 4.15. The van der Waals surface area contributed by atoms with Crippen molar-refractivity contribution in [1.29, 1.82) is 0 Å². The molecule has 0 aliphatic heterocycles. The highest BCUT2D eigenvalue weighted by Crippen LogP contribution is 2.43. The standard InChI is InChI=1S/C40H66NO8P/c1-6-8-10-12-14-16-18-20-22-24-26-28-30-32-39(42)46-36-38(37-48-50(44,45)47-35-34-41(3,4)5)49-40(43)33-31-29-27-25-23-21-19-17-15-13-11-9-7-2/h9,11,13,15,17,19-23,25-28,38H,6-8,10,12,14,16,18,24,29-37H2,1-5H3/p+1/b11-9+,15-13+,19-17+,22-20+,23-21+,27-25+,28-26+. The molecule has 50 heavy (non-hydrogen) atoms. The van der Waals surface area contributed by atoms with Crippen LogP contribution in [0.2, 0.25) is 0 Å². The quantitative estimate of drug-likeness (QED) is 0.0188. The number of esters is 2. The van der Waals surface area contributed by atoms with Gasteiger partial charge < -0.3 is 18.9 Å². The number of phosphoric acid groups is 1. The Morgan fingerprint density at radius 2 is 1.26 bits per heavy atom. The molecule has 0 radical (unpaired) electrons. The van der Waals surface area contributed by atoms with Crippen LogP contribution in [0, 0.1) is 0 Å². The third-order valence-electron chi connectivity index (χ3n) is 7.05. The third kappa shape index (κ3) is 35.0. The molecular formula is C40H67NO8P+. The maximum atomic E-state index is 12.6. The van der Waals surface area contributed by atoms with E-state index in [1.165, 1.54) is 38.5 Å². The summed E-state index contributed by atoms with van der Waals surface area (Å²) in [5.74, 6) is -0.977. The van der Waals surface area contributed by atoms with E-state index in [0.29, 0.717) is 30.3 Å². The number of hydrogen-bond donors (Lipinski definition) is 1. The number of rotatable bonds is 31. The van der Waals surface area contributed by atoms with Crippen LogP contribution >= 0.6 is 7.82 Å². The normalized spacial score (nSPS) is 14.8. The predicted octanol–water partition coefficient (Wildman–Crippen LogP) is 9.68. The highest BCUT2D eigenvalue weighted by Gasteiger charge is 2.27. The fourth-order valence-corrected chi connectivity index (χ4v) is 4.89. The molecule has 0 heterocycles. The predicted molar refractivity (Wildman–Crippen MR) is 205 cm³/mol. The molecule has 0 aromatic rings. The number of likely N-dealkylation sites (N-methyl/N-ethyl adjacent to an activating group) is 1. The smallest absolute Gasteiger partial charge is 0.462 e. The Morgan fingerprint density at radius 1 is 0.660 bits per heavy atom. The maximum Gasteiger partial charge on any atom is 0.472 e. The Balaban J connectivity index is 4.70. The van der Waals surface area contributed by atoms with E-state index < -0.39 is 32.5 Å². The van der Waals surface area contributed by atoms with Crippen LogP contribution in [0.15, 0.2) is 85.1 Å². The number of ether oxygens (including phenoxy) is 2. The van der Waals surface area contributed by atoms with Gasteiger partial charge in [0.1, 0.15) is 19.8 Å². The van der Waals surface area contributed by atoms with Crippen molar-refractivity contribution in [3.63, 3.8) is 0 Å². The zero-order valence-electron chi connectivity index (χ0n) is 31.6. The Labute approximate surface area is 303 Å². The third-order valence-corrected chi connectivity index (χ3v) is 8.03. The average molecular weight is 721 g/mol. The lowest BCUT2D eigenvalue weighted by molar-refractivity contribution is -0.870. The van der Waals surface area contributed by atoms with E-state index in [0.717, 1.165) is 19.3 Å². The molecule has 9 nitrogen and oxygen atoms in total. The first-order chi connectivity index (χ1) is 24.0. The van der Waals surface area contributed by atoms with Gasteiger partial charge in [-0.25, -0.2) is 4.57 Å². The minimum absolute atomic E-state index is 0.00579. The number of unbranched alkanes of at least 4 members (excludes halogenated alkanes) is 7. The number of phosphoric ester groups is 1. The average Bonchev–Trinajstić information content (AvgIpc) is 3.06. The Morgan fingerprint density at radius 3 is 1.92 bits per heavy atom. The molecule has 0 aliphatic carbocycles. The number of nitrogens with zero attached hydrogens (tertiary/aromatic N) is 1. The number of carbonyl (C=O) groups excluding carboxylic acids is 2. The van der Waals surface area contributed by atoms with Gasteiger partial charge in [0, 0.05) is 12.8 Å². The molecule has 0 spiro atoms. The van der Waals surface area contributed by atoms with Crippen LogP contribution in [0.1, 0.15) is 104 Å². The topological polar surface area (TPSA) is 108 Å². The second kappa shape index (κ2) is 32.1. The van der Waals surface area contributed by atoms with Crippen LogP contribution < -0.4 is 0 Å². The largest absolute Gasteiger partial charge is 0.472 e. The van der Waals surface area contributed by atoms with E-state index in [-0.39, 0.29) is 26.1 Å². The van der Waals surface area contributed by atoms with Gasteiger partial charge in [0.2, 0.25) is 0 Å². The van der Waals surface area contributed by atoms with E-state index in [4.69, 9.17) is 18.5 Å². The van der Waals surface area contributed by atoms with Gasteiger partial charge in [0.05, 0.1) is 27.7 Å². The maximum absolute atomic E-state index is 12.6. The van der Waals surface area contributed by atoms with E-state index >= 15 is 0 Å². The number of allylic oxidation sites excluding steroid dienone is 14. The summed E-state index contributed by atoms with van der Waals surface area (Å²) in [5.41, 5.74) is 0. The van der Waals surface area contributed by atoms with Crippen molar-refractivity contribution >= 4 is 19.8 Å². The lowest BCUT2D eigenvalue weighted by atomic mass is 10.1. The van der Waals surface area contributed by atoms with E-state index in [2.05, 4.69) is 32.1 Å². The van der Waals surface area contributed by atoms with Crippen molar-refractivity contribution < 1.29 is 42.1 Å². The lowest BCUT2D eigenvalue weighted by Gasteiger charge is -2.24. The molecule has 0 saturated heterocycles. The van der Waals surface area contributed by atoms with Crippen LogP contribution in [-0.2, 0) is 32.7 Å². The van der Waals surface area contributed by atoms with Gasteiger partial charge in [-0.05, 0) is 44.9 Å². The second-order valence-corrected chi connectivity index (χ2v) is 14.4. The molecule has 10 heteroatoms. The first-order valence-electron chi connectivity index (χ1n) is 18.4. The highest BCUT2D eigenvalue weighted by molar-refractivity contribution is 7.47. The van der Waals surface area contributed by atoms with E-state index in [1.54, 1.807) is 0 Å². The van der Waals surface area contributed by atoms with Gasteiger partial charge in [-0.3, -0.25) is 18.6 Å². The fraction of sp³-hybridized carbons (Fsp3) is 0.600. The van der Waals surface area contributed by atoms with Gasteiger partial charge >= 0.3 is 19.8 Å². The number of carbonyl (C=O) groups is 2. The summed E-state index contributed by atoms with van der Waals surface area (Å²) in [7, 11) is 1.38. The molecule has 0 rings (SSSR count). The molecule has 0 bridgehead atoms. The molecule has 284 valence electrons. The molecule has 0 saturated carbocycles. The van der Waals surface area contributed by atoms with Crippen LogP contribution in [0.25, 0.3) is 0 Å². The molecule has 0 fully saturated rings. The summed E-state index contributed by atoms with van der Waals surface area (Å²) in [6.45, 7) is 4.06. The Hall–Kier alpha value is -2.81. The van der Waals surface area contributed by atoms with Gasteiger partial charge in [-0.2, -0.15) is 0 Å². The molecule has 0 aliphatic rings. The van der Waals surface area contributed by atoms with Crippen LogP contribution in [0.4, 0.5) is 0 Å². The van der Waals surface area contributed by atoms with Crippen molar-refractivity contribution in [1.82, 2.24) is 0 Å². The second-order valence-electron chi connectivity index (χ2n) is 13.0. The molecule has 0 aromatic carbocycles. The highest BCUT2D eigenvalue weighted by atomic mass is 31.2. The Bertz CT molecular complexity index is 1130. The minimum Gasteiger partial charge on any atom is -0.462 e. The summed E-state index contributed by atoms with van der Waals surface area (Å²) in [6, 6.07) is 0. The van der Waals surface area contributed by atoms with Gasteiger partial charge in [-0.1, -0.05) is 131 Å². The van der Waals surface area contributed by atoms with Crippen molar-refractivity contribution in [2.24, 2.45) is 0 Å². The minimum atomic E-state index is -4.40. The molecule has 2 unspecified atom stereocenters. The van der Waals surface area contributed by atoms with Gasteiger partial charge in [-0.15, -0.1) is 0 Å². The number of hydrogen-bond acceptors (Lipinski definition) is 7. The molecule has 2 atom stereocenters. The summed E-state index contributed by atoms with van der Waals surface area (Å²) >= 11 is 0. The first-order valence-corrected chi connectivity index (χ1v) is 19.9. The zero-order chi connectivity index (χ0) is 37.2. The van der Waals surface area contributed by atoms with Crippen LogP contribution in [0.3, 0.4) is 0 Å². The molecular weight excluding hydrogens is 653 g/mol. The molecule has 1 N–H and O–H groups in total. The van der Waals surface area contributed by atoms with E-state index in [9.17, 15) is 19.0 Å². The lowest BCUT2D eigenvalue weighted by Crippen LogP contribution is -2.37. The van der Waals surface area contributed by atoms with Crippen molar-refractivity contribution in [3.05, 3.63) is 85.1 Å². The molecule has 0 amide bonds. The van der Waals surface area contributed by atoms with Crippen molar-refractivity contribution in [2.75, 3.05) is 47.5 Å². The van der Waals surface area contributed by atoms with Crippen LogP contribution in [0.5, 0.6) is 0 Å². The SMILES string of the molecule is CC/C=C/C=C/C=C/C=C/C=C/CCCC(=O)OC(COC(=O)CC/C=C/C/C=C/CCCCCCCC)COP(=O)(O)OCC[N+](C)(C)C. The first kappa shape index (κ1) is 47.2. The summed E-state index contributed by atoms with van der Waals surface area (Å²) in [6.07, 6.45) is 39.5. The van der Waals surface area contributed by atoms with E-state index in [1.807, 2.05) is 88.0 Å². The summed E-state index contributed by atoms with van der Waals surface area (Å²) in [5, 5.41) is 0. The zero-order valence-corrected chi connectivity index (χ0v) is 32.5. The summed E-state index contributed by atoms with van der Waals surface area (Å²) < 4.78 is 33.9. The summed E-state index contributed by atoms with van der Waals surface area (Å²) in [4.78, 5) is 35.0. The van der Waals surface area contributed by atoms with Crippen LogP contribution in [-0.4, -0.2) is 74.9 Å². The van der Waals surface area contributed by atoms with Crippen molar-refractivity contribution in [3.8, 4) is 0 Å². The van der Waals surface area contributed by atoms with Crippen molar-refractivity contribution in [2.45, 2.75) is 110 Å². The monoisotopic (exact) mass is 720 g/mol. The van der Waals surface area contributed by atoms with Gasteiger partial charge in [0.15, 0.2) is 6.10 Å². The molecule has 0 aromatic heterocycles. The number of quaternary nitrogens is 1. The van der Waals surface area contributed by atoms with Gasteiger partial charge in [0.25, 0.3) is 0 Å². The Kier molecular flexibility index (Phi) is 30.3.